The Labute approximate surface area is 111 Å². The van der Waals surface area contributed by atoms with E-state index in [1.807, 2.05) is 12.1 Å². The van der Waals surface area contributed by atoms with E-state index >= 15 is 0 Å². The summed E-state index contributed by atoms with van der Waals surface area (Å²) in [5.74, 6) is 0.177. The van der Waals surface area contributed by atoms with Crippen molar-refractivity contribution in [2.24, 2.45) is 0 Å². The Bertz CT molecular complexity index is 614. The number of nitriles is 2. The summed E-state index contributed by atoms with van der Waals surface area (Å²) in [4.78, 5) is 0. The average molecular weight is 284 g/mol. The van der Waals surface area contributed by atoms with Crippen LogP contribution < -0.4 is 4.72 Å². The van der Waals surface area contributed by atoms with Crippen LogP contribution in [0.25, 0.3) is 0 Å². The van der Waals surface area contributed by atoms with Crippen molar-refractivity contribution in [3.63, 3.8) is 0 Å². The van der Waals surface area contributed by atoms with Gasteiger partial charge in [0.2, 0.25) is 10.0 Å². The van der Waals surface area contributed by atoms with E-state index in [9.17, 15) is 8.42 Å². The van der Waals surface area contributed by atoms with Crippen molar-refractivity contribution in [3.05, 3.63) is 29.3 Å². The molecule has 0 aromatic heterocycles. The van der Waals surface area contributed by atoms with E-state index in [4.69, 9.17) is 22.1 Å². The second kappa shape index (κ2) is 6.25. The van der Waals surface area contributed by atoms with Gasteiger partial charge in [-0.15, -0.1) is 11.6 Å². The molecular formula is C11H10ClN3O2S. The lowest BCUT2D eigenvalue weighted by atomic mass is 10.1. The van der Waals surface area contributed by atoms with Gasteiger partial charge in [0.15, 0.2) is 0 Å². The van der Waals surface area contributed by atoms with Crippen LogP contribution in [0, 0.1) is 22.7 Å². The highest BCUT2D eigenvalue weighted by atomic mass is 35.5. The number of hydrogen-bond acceptors (Lipinski definition) is 4. The number of rotatable bonds is 5. The minimum absolute atomic E-state index is 0.0849. The van der Waals surface area contributed by atoms with E-state index in [2.05, 4.69) is 4.72 Å². The lowest BCUT2D eigenvalue weighted by molar-refractivity contribution is 0.600. The highest BCUT2D eigenvalue weighted by Gasteiger charge is 2.11. The third kappa shape index (κ3) is 3.92. The minimum Gasteiger partial charge on any atom is -0.284 e. The summed E-state index contributed by atoms with van der Waals surface area (Å²) in [5.41, 5.74) is 0.608. The molecule has 7 heteroatoms. The molecule has 0 spiro atoms. The van der Waals surface area contributed by atoms with Gasteiger partial charge in [0.05, 0.1) is 16.9 Å². The van der Waals surface area contributed by atoms with Gasteiger partial charge < -0.3 is 0 Å². The first-order chi connectivity index (χ1) is 8.52. The van der Waals surface area contributed by atoms with E-state index in [0.29, 0.717) is 6.42 Å². The third-order valence-corrected chi connectivity index (χ3v) is 3.72. The van der Waals surface area contributed by atoms with Gasteiger partial charge in [0.25, 0.3) is 0 Å². The molecule has 0 bridgehead atoms. The second-order valence-electron chi connectivity index (χ2n) is 3.45. The van der Waals surface area contributed by atoms with Crippen molar-refractivity contribution in [3.8, 4) is 12.1 Å². The predicted octanol–water partition coefficient (Wildman–Crippen LogP) is 1.80. The molecule has 0 fully saturated rings. The zero-order valence-corrected chi connectivity index (χ0v) is 10.9. The summed E-state index contributed by atoms with van der Waals surface area (Å²) in [7, 11) is -3.47. The number of nitrogens with zero attached hydrogens (tertiary/aromatic N) is 2. The molecule has 0 unspecified atom stereocenters. The fraction of sp³-hybridized carbons (Fsp3) is 0.273. The molecule has 0 atom stereocenters. The Hall–Kier alpha value is -1.76. The smallest absolute Gasteiger partial charge is 0.232 e. The molecule has 0 aliphatic heterocycles. The van der Waals surface area contributed by atoms with Crippen molar-refractivity contribution in [2.75, 3.05) is 16.4 Å². The van der Waals surface area contributed by atoms with E-state index in [1.54, 1.807) is 0 Å². The van der Waals surface area contributed by atoms with Crippen molar-refractivity contribution < 1.29 is 8.42 Å². The van der Waals surface area contributed by atoms with Gasteiger partial charge >= 0.3 is 0 Å². The Morgan fingerprint density at radius 2 is 1.89 bits per heavy atom. The van der Waals surface area contributed by atoms with Crippen LogP contribution in [0.5, 0.6) is 0 Å². The number of alkyl halides is 1. The molecule has 1 N–H and O–H groups in total. The van der Waals surface area contributed by atoms with Crippen LogP contribution in [-0.4, -0.2) is 20.1 Å². The molecule has 94 valence electrons. The van der Waals surface area contributed by atoms with Crippen LogP contribution in [0.15, 0.2) is 18.2 Å². The maximum absolute atomic E-state index is 11.6. The molecule has 0 saturated carbocycles. The molecule has 0 aliphatic carbocycles. The van der Waals surface area contributed by atoms with Gasteiger partial charge in [-0.3, -0.25) is 4.72 Å². The number of sulfonamides is 1. The number of hydrogen-bond donors (Lipinski definition) is 1. The standard InChI is InChI=1S/C11H10ClN3O2S/c12-4-1-5-18(16,17)15-11-3-2-9(7-13)10(6-11)8-14/h2-3,6,15H,1,4-5H2. The van der Waals surface area contributed by atoms with Crippen LogP contribution in [0.4, 0.5) is 5.69 Å². The molecular weight excluding hydrogens is 274 g/mol. The zero-order valence-electron chi connectivity index (χ0n) is 9.35. The quantitative estimate of drug-likeness (QED) is 0.834. The van der Waals surface area contributed by atoms with Gasteiger partial charge in [-0.2, -0.15) is 10.5 Å². The molecule has 1 rings (SSSR count). The topological polar surface area (TPSA) is 93.8 Å². The summed E-state index contributed by atoms with van der Waals surface area (Å²) < 4.78 is 25.5. The Balaban J connectivity index is 2.94. The molecule has 18 heavy (non-hydrogen) atoms. The summed E-state index contributed by atoms with van der Waals surface area (Å²) in [6.45, 7) is 0. The number of benzene rings is 1. The van der Waals surface area contributed by atoms with E-state index in [-0.39, 0.29) is 28.4 Å². The lowest BCUT2D eigenvalue weighted by Crippen LogP contribution is -2.17. The van der Waals surface area contributed by atoms with E-state index < -0.39 is 10.0 Å². The Morgan fingerprint density at radius 3 is 2.44 bits per heavy atom. The maximum atomic E-state index is 11.6. The largest absolute Gasteiger partial charge is 0.284 e. The first-order valence-corrected chi connectivity index (χ1v) is 7.22. The zero-order chi connectivity index (χ0) is 13.6. The highest BCUT2D eigenvalue weighted by Crippen LogP contribution is 2.16. The highest BCUT2D eigenvalue weighted by molar-refractivity contribution is 7.92. The predicted molar refractivity (Wildman–Crippen MR) is 68.6 cm³/mol. The van der Waals surface area contributed by atoms with Gasteiger partial charge in [-0.25, -0.2) is 8.42 Å². The average Bonchev–Trinajstić information content (AvgIpc) is 2.35. The van der Waals surface area contributed by atoms with Crippen molar-refractivity contribution in [1.82, 2.24) is 0 Å². The normalized spacial score (nSPS) is 10.4. The van der Waals surface area contributed by atoms with E-state index in [0.717, 1.165) is 0 Å². The molecule has 0 radical (unpaired) electrons. The van der Waals surface area contributed by atoms with E-state index in [1.165, 1.54) is 18.2 Å². The van der Waals surface area contributed by atoms with Crippen LogP contribution in [0.1, 0.15) is 17.5 Å². The van der Waals surface area contributed by atoms with Gasteiger partial charge in [0.1, 0.15) is 12.1 Å². The molecule has 1 aromatic carbocycles. The number of nitrogens with one attached hydrogen (secondary N) is 1. The number of anilines is 1. The van der Waals surface area contributed by atoms with Gasteiger partial charge in [-0.05, 0) is 24.6 Å². The van der Waals surface area contributed by atoms with Crippen LogP contribution in [0.2, 0.25) is 0 Å². The fourth-order valence-corrected chi connectivity index (χ4v) is 2.68. The molecule has 5 nitrogen and oxygen atoms in total. The first-order valence-electron chi connectivity index (χ1n) is 5.03. The first kappa shape index (κ1) is 14.3. The van der Waals surface area contributed by atoms with Crippen molar-refractivity contribution >= 4 is 27.3 Å². The SMILES string of the molecule is N#Cc1ccc(NS(=O)(=O)CCCCl)cc1C#N. The van der Waals surface area contributed by atoms with Crippen LogP contribution >= 0.6 is 11.6 Å². The summed E-state index contributed by atoms with van der Waals surface area (Å²) in [5, 5.41) is 17.6. The fourth-order valence-electron chi connectivity index (χ4n) is 1.27. The Morgan fingerprint density at radius 1 is 1.22 bits per heavy atom. The van der Waals surface area contributed by atoms with Crippen LogP contribution in [-0.2, 0) is 10.0 Å². The molecule has 0 saturated heterocycles. The van der Waals surface area contributed by atoms with Crippen molar-refractivity contribution in [1.29, 1.82) is 10.5 Å². The van der Waals surface area contributed by atoms with Gasteiger partial charge in [0, 0.05) is 11.6 Å². The second-order valence-corrected chi connectivity index (χ2v) is 5.67. The van der Waals surface area contributed by atoms with Crippen LogP contribution in [0.3, 0.4) is 0 Å². The summed E-state index contributed by atoms with van der Waals surface area (Å²) in [6, 6.07) is 7.86. The minimum atomic E-state index is -3.47. The molecule has 0 heterocycles. The Kier molecular flexibility index (Phi) is 4.96. The summed E-state index contributed by atoms with van der Waals surface area (Å²) >= 11 is 5.43. The third-order valence-electron chi connectivity index (χ3n) is 2.08. The summed E-state index contributed by atoms with van der Waals surface area (Å²) in [6.07, 6.45) is 0.346. The maximum Gasteiger partial charge on any atom is 0.232 e. The molecule has 1 aromatic rings. The molecule has 0 amide bonds. The monoisotopic (exact) mass is 283 g/mol. The van der Waals surface area contributed by atoms with Gasteiger partial charge in [-0.1, -0.05) is 0 Å². The number of halogens is 1. The lowest BCUT2D eigenvalue weighted by Gasteiger charge is -2.07. The molecule has 0 aliphatic rings. The van der Waals surface area contributed by atoms with Crippen molar-refractivity contribution in [2.45, 2.75) is 6.42 Å².